The van der Waals surface area contributed by atoms with Gasteiger partial charge in [0.1, 0.15) is 5.75 Å². The van der Waals surface area contributed by atoms with Crippen molar-refractivity contribution < 1.29 is 9.53 Å². The molecule has 0 radical (unpaired) electrons. The minimum absolute atomic E-state index is 0.256. The summed E-state index contributed by atoms with van der Waals surface area (Å²) in [5, 5.41) is 9.03. The van der Waals surface area contributed by atoms with Crippen molar-refractivity contribution in [2.45, 2.75) is 6.10 Å². The van der Waals surface area contributed by atoms with Crippen LogP contribution in [0.4, 0.5) is 0 Å². The zero-order valence-electron chi connectivity index (χ0n) is 10.4. The molecule has 0 bridgehead atoms. The second-order valence-corrected chi connectivity index (χ2v) is 4.48. The molecule has 0 aliphatic rings. The van der Waals surface area contributed by atoms with Crippen molar-refractivity contribution in [2.24, 2.45) is 5.73 Å². The van der Waals surface area contributed by atoms with Gasteiger partial charge in [0, 0.05) is 5.56 Å². The lowest BCUT2D eigenvalue weighted by Crippen LogP contribution is -2.26. The van der Waals surface area contributed by atoms with Gasteiger partial charge in [-0.2, -0.15) is 5.26 Å². The molecule has 0 fully saturated rings. The van der Waals surface area contributed by atoms with E-state index in [-0.39, 0.29) is 5.02 Å². The minimum Gasteiger partial charge on any atom is -0.474 e. The summed E-state index contributed by atoms with van der Waals surface area (Å²) in [6, 6.07) is 15.4. The quantitative estimate of drug-likeness (QED) is 0.939. The van der Waals surface area contributed by atoms with Crippen molar-refractivity contribution >= 4 is 17.5 Å². The number of benzene rings is 2. The highest BCUT2D eigenvalue weighted by Gasteiger charge is 2.20. The van der Waals surface area contributed by atoms with Crippen LogP contribution >= 0.6 is 11.6 Å². The van der Waals surface area contributed by atoms with E-state index in [1.54, 1.807) is 36.4 Å². The maximum Gasteiger partial charge on any atom is 0.263 e. The molecule has 1 unspecified atom stereocenters. The number of nitrogens with zero attached hydrogens (tertiary/aromatic N) is 1. The number of rotatable bonds is 4. The van der Waals surface area contributed by atoms with E-state index < -0.39 is 12.0 Å². The first-order valence-electron chi connectivity index (χ1n) is 5.82. The van der Waals surface area contributed by atoms with Crippen LogP contribution in [-0.2, 0) is 4.79 Å². The molecule has 0 aromatic heterocycles. The maximum atomic E-state index is 11.5. The van der Waals surface area contributed by atoms with Crippen molar-refractivity contribution in [1.29, 1.82) is 5.26 Å². The predicted octanol–water partition coefficient (Wildman–Crippen LogP) is 2.82. The summed E-state index contributed by atoms with van der Waals surface area (Å²) in [6.45, 7) is 0. The standard InChI is InChI=1S/C15H11ClN2O2/c16-12-8-10(9-17)6-7-13(12)20-14(15(18)19)11-4-2-1-3-5-11/h1-8,14H,(H2,18,19). The largest absolute Gasteiger partial charge is 0.474 e. The number of nitriles is 1. The van der Waals surface area contributed by atoms with Crippen molar-refractivity contribution in [3.63, 3.8) is 0 Å². The van der Waals surface area contributed by atoms with Crippen molar-refractivity contribution in [2.75, 3.05) is 0 Å². The molecule has 20 heavy (non-hydrogen) atoms. The predicted molar refractivity (Wildman–Crippen MR) is 75.2 cm³/mol. The highest BCUT2D eigenvalue weighted by atomic mass is 35.5. The van der Waals surface area contributed by atoms with E-state index in [0.29, 0.717) is 16.9 Å². The van der Waals surface area contributed by atoms with Crippen molar-refractivity contribution in [1.82, 2.24) is 0 Å². The lowest BCUT2D eigenvalue weighted by atomic mass is 10.1. The average Bonchev–Trinajstić information content (AvgIpc) is 2.46. The van der Waals surface area contributed by atoms with Crippen LogP contribution in [0.15, 0.2) is 48.5 Å². The molecule has 0 spiro atoms. The van der Waals surface area contributed by atoms with Crippen molar-refractivity contribution in [3.8, 4) is 11.8 Å². The number of halogens is 1. The third kappa shape index (κ3) is 3.08. The molecule has 0 saturated carbocycles. The Bertz CT molecular complexity index is 665. The molecular formula is C15H11ClN2O2. The second kappa shape index (κ2) is 6.09. The molecule has 0 saturated heterocycles. The van der Waals surface area contributed by atoms with Gasteiger partial charge >= 0.3 is 0 Å². The first-order chi connectivity index (χ1) is 9.61. The van der Waals surface area contributed by atoms with Gasteiger partial charge in [-0.15, -0.1) is 0 Å². The normalized spacial score (nSPS) is 11.4. The molecular weight excluding hydrogens is 276 g/mol. The van der Waals surface area contributed by atoms with E-state index in [2.05, 4.69) is 0 Å². The summed E-state index contributed by atoms with van der Waals surface area (Å²) >= 11 is 6.02. The van der Waals surface area contributed by atoms with Gasteiger partial charge in [-0.3, -0.25) is 4.79 Å². The van der Waals surface area contributed by atoms with E-state index in [0.717, 1.165) is 0 Å². The second-order valence-electron chi connectivity index (χ2n) is 4.07. The van der Waals surface area contributed by atoms with E-state index in [1.807, 2.05) is 12.1 Å². The number of hydrogen-bond acceptors (Lipinski definition) is 3. The number of carbonyl (C=O) groups is 1. The molecule has 2 aromatic rings. The Morgan fingerprint density at radius 3 is 2.50 bits per heavy atom. The number of primary amides is 1. The smallest absolute Gasteiger partial charge is 0.263 e. The molecule has 0 aliphatic carbocycles. The molecule has 5 heteroatoms. The van der Waals surface area contributed by atoms with Crippen LogP contribution in [0.3, 0.4) is 0 Å². The zero-order chi connectivity index (χ0) is 14.5. The van der Waals surface area contributed by atoms with E-state index in [4.69, 9.17) is 27.3 Å². The molecule has 1 atom stereocenters. The summed E-state index contributed by atoms with van der Waals surface area (Å²) < 4.78 is 5.58. The molecule has 2 rings (SSSR count). The van der Waals surface area contributed by atoms with Gasteiger partial charge in [0.25, 0.3) is 5.91 Å². The van der Waals surface area contributed by atoms with Gasteiger partial charge in [0.15, 0.2) is 0 Å². The Morgan fingerprint density at radius 1 is 1.25 bits per heavy atom. The van der Waals surface area contributed by atoms with Crippen LogP contribution in [0.1, 0.15) is 17.2 Å². The van der Waals surface area contributed by atoms with E-state index in [9.17, 15) is 4.79 Å². The summed E-state index contributed by atoms with van der Waals surface area (Å²) in [4.78, 5) is 11.5. The summed E-state index contributed by atoms with van der Waals surface area (Å²) in [5.41, 5.74) is 6.42. The van der Waals surface area contributed by atoms with Crippen LogP contribution in [-0.4, -0.2) is 5.91 Å². The topological polar surface area (TPSA) is 76.1 Å². The first-order valence-corrected chi connectivity index (χ1v) is 6.20. The fourth-order valence-electron chi connectivity index (χ4n) is 1.71. The molecule has 0 aliphatic heterocycles. The number of nitrogens with two attached hydrogens (primary N) is 1. The molecule has 2 aromatic carbocycles. The lowest BCUT2D eigenvalue weighted by molar-refractivity contribution is -0.125. The monoisotopic (exact) mass is 286 g/mol. The highest BCUT2D eigenvalue weighted by Crippen LogP contribution is 2.29. The first kappa shape index (κ1) is 13.9. The lowest BCUT2D eigenvalue weighted by Gasteiger charge is -2.17. The minimum atomic E-state index is -0.929. The van der Waals surface area contributed by atoms with E-state index in [1.165, 1.54) is 6.07 Å². The third-order valence-electron chi connectivity index (χ3n) is 2.67. The SMILES string of the molecule is N#Cc1ccc(OC(C(N)=O)c2ccccc2)c(Cl)c1. The van der Waals surface area contributed by atoms with Crippen LogP contribution in [0, 0.1) is 11.3 Å². The molecule has 1 amide bonds. The average molecular weight is 287 g/mol. The maximum absolute atomic E-state index is 11.5. The number of ether oxygens (including phenoxy) is 1. The number of hydrogen-bond donors (Lipinski definition) is 1. The fraction of sp³-hybridized carbons (Fsp3) is 0.0667. The number of amides is 1. The Hall–Kier alpha value is -2.51. The summed E-state index contributed by atoms with van der Waals surface area (Å²) in [6.07, 6.45) is -0.929. The van der Waals surface area contributed by atoms with Crippen LogP contribution in [0.25, 0.3) is 0 Å². The molecule has 2 N–H and O–H groups in total. The Labute approximate surface area is 121 Å². The van der Waals surface area contributed by atoms with Gasteiger partial charge in [0.05, 0.1) is 16.7 Å². The summed E-state index contributed by atoms with van der Waals surface area (Å²) in [5.74, 6) is -0.310. The highest BCUT2D eigenvalue weighted by molar-refractivity contribution is 6.32. The van der Waals surface area contributed by atoms with Crippen molar-refractivity contribution in [3.05, 3.63) is 64.7 Å². The number of carbonyl (C=O) groups excluding carboxylic acids is 1. The Kier molecular flexibility index (Phi) is 4.24. The Balaban J connectivity index is 2.30. The Morgan fingerprint density at radius 2 is 1.95 bits per heavy atom. The third-order valence-corrected chi connectivity index (χ3v) is 2.96. The van der Waals surface area contributed by atoms with Gasteiger partial charge in [0.2, 0.25) is 6.10 Å². The molecule has 4 nitrogen and oxygen atoms in total. The van der Waals surface area contributed by atoms with Gasteiger partial charge < -0.3 is 10.5 Å². The van der Waals surface area contributed by atoms with Crippen LogP contribution in [0.5, 0.6) is 5.75 Å². The van der Waals surface area contributed by atoms with Gasteiger partial charge in [-0.1, -0.05) is 41.9 Å². The molecule has 0 heterocycles. The fourth-order valence-corrected chi connectivity index (χ4v) is 1.94. The van der Waals surface area contributed by atoms with Gasteiger partial charge in [-0.05, 0) is 18.2 Å². The van der Waals surface area contributed by atoms with Gasteiger partial charge in [-0.25, -0.2) is 0 Å². The van der Waals surface area contributed by atoms with Crippen LogP contribution in [0.2, 0.25) is 5.02 Å². The zero-order valence-corrected chi connectivity index (χ0v) is 11.2. The van der Waals surface area contributed by atoms with E-state index >= 15 is 0 Å². The summed E-state index contributed by atoms with van der Waals surface area (Å²) in [7, 11) is 0. The van der Waals surface area contributed by atoms with Crippen LogP contribution < -0.4 is 10.5 Å². The molecule has 100 valence electrons.